The van der Waals surface area contributed by atoms with E-state index in [2.05, 4.69) is 15.9 Å². The predicted octanol–water partition coefficient (Wildman–Crippen LogP) is 3.55. The SMILES string of the molecule is CCN(c1ccccc1C)S(=O)(=O)c1cc(Br)ccc1N. The Morgan fingerprint density at radius 1 is 1.19 bits per heavy atom. The molecule has 2 aromatic carbocycles. The number of hydrogen-bond donors (Lipinski definition) is 1. The van der Waals surface area contributed by atoms with E-state index in [1.165, 1.54) is 10.4 Å². The van der Waals surface area contributed by atoms with E-state index in [4.69, 9.17) is 5.73 Å². The second-order valence-electron chi connectivity index (χ2n) is 4.64. The van der Waals surface area contributed by atoms with Crippen molar-refractivity contribution in [2.75, 3.05) is 16.6 Å². The molecule has 2 aromatic rings. The Morgan fingerprint density at radius 2 is 1.86 bits per heavy atom. The van der Waals surface area contributed by atoms with Gasteiger partial charge in [-0.25, -0.2) is 8.42 Å². The van der Waals surface area contributed by atoms with Crippen LogP contribution in [0, 0.1) is 6.92 Å². The highest BCUT2D eigenvalue weighted by Gasteiger charge is 2.26. The monoisotopic (exact) mass is 368 g/mol. The van der Waals surface area contributed by atoms with Crippen LogP contribution in [0.4, 0.5) is 11.4 Å². The Morgan fingerprint density at radius 3 is 2.48 bits per heavy atom. The minimum Gasteiger partial charge on any atom is -0.398 e. The normalized spacial score (nSPS) is 11.4. The first-order valence-electron chi connectivity index (χ1n) is 6.51. The lowest BCUT2D eigenvalue weighted by molar-refractivity contribution is 0.592. The molecule has 21 heavy (non-hydrogen) atoms. The van der Waals surface area contributed by atoms with Gasteiger partial charge in [0.15, 0.2) is 0 Å². The van der Waals surface area contributed by atoms with Gasteiger partial charge >= 0.3 is 0 Å². The van der Waals surface area contributed by atoms with Gasteiger partial charge in [0.05, 0.1) is 11.4 Å². The molecule has 0 radical (unpaired) electrons. The zero-order chi connectivity index (χ0) is 15.6. The van der Waals surface area contributed by atoms with Crippen LogP contribution in [0.3, 0.4) is 0 Å². The third-order valence-electron chi connectivity index (χ3n) is 3.22. The fourth-order valence-electron chi connectivity index (χ4n) is 2.16. The summed E-state index contributed by atoms with van der Waals surface area (Å²) in [6.07, 6.45) is 0. The molecule has 2 N–H and O–H groups in total. The average Bonchev–Trinajstić information content (AvgIpc) is 2.44. The van der Waals surface area contributed by atoms with E-state index < -0.39 is 10.0 Å². The number of sulfonamides is 1. The number of anilines is 2. The van der Waals surface area contributed by atoms with E-state index in [1.54, 1.807) is 25.1 Å². The molecule has 0 saturated carbocycles. The van der Waals surface area contributed by atoms with Gasteiger partial charge in [0.1, 0.15) is 4.90 Å². The van der Waals surface area contributed by atoms with E-state index in [0.29, 0.717) is 16.7 Å². The van der Waals surface area contributed by atoms with Crippen molar-refractivity contribution in [1.29, 1.82) is 0 Å². The zero-order valence-electron chi connectivity index (χ0n) is 11.9. The molecule has 0 heterocycles. The van der Waals surface area contributed by atoms with Crippen LogP contribution in [0.25, 0.3) is 0 Å². The maximum atomic E-state index is 12.9. The van der Waals surface area contributed by atoms with Gasteiger partial charge in [-0.1, -0.05) is 34.1 Å². The highest BCUT2D eigenvalue weighted by Crippen LogP contribution is 2.30. The van der Waals surface area contributed by atoms with Gasteiger partial charge in [-0.2, -0.15) is 0 Å². The number of nitrogen functional groups attached to an aromatic ring is 1. The summed E-state index contributed by atoms with van der Waals surface area (Å²) < 4.78 is 27.9. The van der Waals surface area contributed by atoms with Crippen LogP contribution in [-0.4, -0.2) is 15.0 Å². The third-order valence-corrected chi connectivity index (χ3v) is 5.65. The smallest absolute Gasteiger partial charge is 0.266 e. The third kappa shape index (κ3) is 3.06. The molecule has 0 saturated heterocycles. The molecule has 0 aliphatic carbocycles. The number of rotatable bonds is 4. The molecule has 6 heteroatoms. The van der Waals surface area contributed by atoms with Crippen LogP contribution in [-0.2, 0) is 10.0 Å². The van der Waals surface area contributed by atoms with Gasteiger partial charge in [-0.15, -0.1) is 0 Å². The van der Waals surface area contributed by atoms with E-state index in [0.717, 1.165) is 5.56 Å². The van der Waals surface area contributed by atoms with Crippen molar-refractivity contribution in [2.45, 2.75) is 18.7 Å². The summed E-state index contributed by atoms with van der Waals surface area (Å²) in [5.74, 6) is 0. The van der Waals surface area contributed by atoms with Gasteiger partial charge in [-0.3, -0.25) is 4.31 Å². The van der Waals surface area contributed by atoms with Crippen LogP contribution in [0.2, 0.25) is 0 Å². The number of nitrogens with two attached hydrogens (primary N) is 1. The molecule has 2 rings (SSSR count). The second kappa shape index (κ2) is 6.07. The number of nitrogens with zero attached hydrogens (tertiary/aromatic N) is 1. The fourth-order valence-corrected chi connectivity index (χ4v) is 4.36. The average molecular weight is 369 g/mol. The molecule has 0 amide bonds. The molecule has 4 nitrogen and oxygen atoms in total. The Kier molecular flexibility index (Phi) is 4.58. The van der Waals surface area contributed by atoms with Crippen LogP contribution < -0.4 is 10.0 Å². The van der Waals surface area contributed by atoms with E-state index in [9.17, 15) is 8.42 Å². The Hall–Kier alpha value is -1.53. The van der Waals surface area contributed by atoms with Crippen LogP contribution in [0.1, 0.15) is 12.5 Å². The predicted molar refractivity (Wildman–Crippen MR) is 89.9 cm³/mol. The summed E-state index contributed by atoms with van der Waals surface area (Å²) in [4.78, 5) is 0.113. The summed E-state index contributed by atoms with van der Waals surface area (Å²) in [5, 5.41) is 0. The highest BCUT2D eigenvalue weighted by molar-refractivity contribution is 9.10. The topological polar surface area (TPSA) is 63.4 Å². The van der Waals surface area contributed by atoms with E-state index in [-0.39, 0.29) is 10.6 Å². The molecular weight excluding hydrogens is 352 g/mol. The molecule has 0 fully saturated rings. The Labute approximate surface area is 133 Å². The molecular formula is C15H17BrN2O2S. The first-order chi connectivity index (χ1) is 9.87. The fraction of sp³-hybridized carbons (Fsp3) is 0.200. The molecule has 0 aliphatic heterocycles. The van der Waals surface area contributed by atoms with E-state index >= 15 is 0 Å². The second-order valence-corrected chi connectivity index (χ2v) is 7.38. The van der Waals surface area contributed by atoms with Gasteiger partial charge in [-0.05, 0) is 43.7 Å². The van der Waals surface area contributed by atoms with Crippen molar-refractivity contribution >= 4 is 37.3 Å². The zero-order valence-corrected chi connectivity index (χ0v) is 14.3. The standard InChI is InChI=1S/C15H17BrN2O2S/c1-3-18(14-7-5-4-6-11(14)2)21(19,20)15-10-12(16)8-9-13(15)17/h4-10H,3,17H2,1-2H3. The van der Waals surface area contributed by atoms with Crippen molar-refractivity contribution < 1.29 is 8.42 Å². The maximum absolute atomic E-state index is 12.9. The highest BCUT2D eigenvalue weighted by atomic mass is 79.9. The number of para-hydroxylation sites is 1. The summed E-state index contributed by atoms with van der Waals surface area (Å²) in [6, 6.07) is 12.2. The van der Waals surface area contributed by atoms with Gasteiger partial charge in [0.25, 0.3) is 10.0 Å². The van der Waals surface area contributed by atoms with Crippen molar-refractivity contribution in [2.24, 2.45) is 0 Å². The minimum absolute atomic E-state index is 0.113. The lowest BCUT2D eigenvalue weighted by Gasteiger charge is -2.25. The minimum atomic E-state index is -3.70. The summed E-state index contributed by atoms with van der Waals surface area (Å²) >= 11 is 3.29. The largest absolute Gasteiger partial charge is 0.398 e. The first-order valence-corrected chi connectivity index (χ1v) is 8.74. The molecule has 112 valence electrons. The number of halogens is 1. The van der Waals surface area contributed by atoms with Crippen molar-refractivity contribution in [3.63, 3.8) is 0 Å². The summed E-state index contributed by atoms with van der Waals surface area (Å²) in [7, 11) is -3.70. The van der Waals surface area contributed by atoms with Crippen molar-refractivity contribution in [3.05, 3.63) is 52.5 Å². The number of hydrogen-bond acceptors (Lipinski definition) is 3. The molecule has 0 spiro atoms. The van der Waals surface area contributed by atoms with Gasteiger partial charge in [0.2, 0.25) is 0 Å². The molecule has 0 bridgehead atoms. The van der Waals surface area contributed by atoms with Crippen LogP contribution in [0.15, 0.2) is 51.8 Å². The summed E-state index contributed by atoms with van der Waals surface area (Å²) in [5.41, 5.74) is 7.66. The van der Waals surface area contributed by atoms with Crippen LogP contribution in [0.5, 0.6) is 0 Å². The quantitative estimate of drug-likeness (QED) is 0.839. The molecule has 0 unspecified atom stereocenters. The number of aryl methyl sites for hydroxylation is 1. The Bertz CT molecular complexity index is 760. The van der Waals surface area contributed by atoms with E-state index in [1.807, 2.05) is 25.1 Å². The molecule has 0 aliphatic rings. The first kappa shape index (κ1) is 15.9. The lowest BCUT2D eigenvalue weighted by atomic mass is 10.2. The van der Waals surface area contributed by atoms with Crippen molar-refractivity contribution in [1.82, 2.24) is 0 Å². The van der Waals surface area contributed by atoms with Crippen LogP contribution >= 0.6 is 15.9 Å². The Balaban J connectivity index is 2.61. The van der Waals surface area contributed by atoms with Gasteiger partial charge < -0.3 is 5.73 Å². The van der Waals surface area contributed by atoms with Crippen molar-refractivity contribution in [3.8, 4) is 0 Å². The lowest BCUT2D eigenvalue weighted by Crippen LogP contribution is -2.31. The molecule has 0 aromatic heterocycles. The number of benzene rings is 2. The maximum Gasteiger partial charge on any atom is 0.266 e. The summed E-state index contributed by atoms with van der Waals surface area (Å²) in [6.45, 7) is 4.02. The molecule has 0 atom stereocenters. The van der Waals surface area contributed by atoms with Gasteiger partial charge in [0, 0.05) is 11.0 Å².